The number of anilines is 1. The Morgan fingerprint density at radius 1 is 1.12 bits per heavy atom. The van der Waals surface area contributed by atoms with Crippen molar-refractivity contribution in [2.24, 2.45) is 7.05 Å². The summed E-state index contributed by atoms with van der Waals surface area (Å²) in [5, 5.41) is 11.8. The number of thioether (sulfide) groups is 1. The van der Waals surface area contributed by atoms with Gasteiger partial charge < -0.3 is 19.4 Å². The molecule has 1 N–H and O–H groups in total. The average molecular weight is 455 g/mol. The number of hydrogen-bond donors (Lipinski definition) is 1. The molecule has 168 valence electrons. The third-order valence-corrected chi connectivity index (χ3v) is 5.84. The van der Waals surface area contributed by atoms with Crippen LogP contribution in [-0.2, 0) is 23.0 Å². The lowest BCUT2D eigenvalue weighted by Crippen LogP contribution is -2.17. The van der Waals surface area contributed by atoms with E-state index in [-0.39, 0.29) is 17.8 Å². The van der Waals surface area contributed by atoms with Crippen molar-refractivity contribution in [1.82, 2.24) is 14.8 Å². The van der Waals surface area contributed by atoms with Gasteiger partial charge >= 0.3 is 5.97 Å². The van der Waals surface area contributed by atoms with Crippen molar-refractivity contribution in [3.8, 4) is 5.75 Å². The molecule has 0 saturated heterocycles. The maximum absolute atomic E-state index is 12.4. The zero-order valence-corrected chi connectivity index (χ0v) is 19.3. The molecule has 0 aliphatic carbocycles. The smallest absolute Gasteiger partial charge is 0.339 e. The molecule has 8 nitrogen and oxygen atoms in total. The van der Waals surface area contributed by atoms with Gasteiger partial charge in [-0.05, 0) is 43.2 Å². The van der Waals surface area contributed by atoms with Gasteiger partial charge in [-0.25, -0.2) is 4.79 Å². The van der Waals surface area contributed by atoms with Gasteiger partial charge in [0.05, 0.1) is 24.1 Å². The van der Waals surface area contributed by atoms with E-state index in [0.29, 0.717) is 22.2 Å². The third kappa shape index (κ3) is 5.67. The summed E-state index contributed by atoms with van der Waals surface area (Å²) >= 11 is 1.25. The molecule has 2 aromatic carbocycles. The number of ether oxygens (including phenoxy) is 2. The van der Waals surface area contributed by atoms with E-state index in [1.165, 1.54) is 24.4 Å². The summed E-state index contributed by atoms with van der Waals surface area (Å²) in [5.74, 6) is 0.745. The van der Waals surface area contributed by atoms with Crippen LogP contribution >= 0.6 is 11.8 Å². The average Bonchev–Trinajstić information content (AvgIpc) is 3.18. The number of para-hydroxylation sites is 1. The molecular weight excluding hydrogens is 428 g/mol. The van der Waals surface area contributed by atoms with Crippen molar-refractivity contribution in [3.05, 3.63) is 65.5 Å². The fourth-order valence-corrected chi connectivity index (χ4v) is 3.78. The van der Waals surface area contributed by atoms with Crippen LogP contribution in [0.5, 0.6) is 5.75 Å². The molecule has 1 aromatic heterocycles. The van der Waals surface area contributed by atoms with Crippen LogP contribution in [0.25, 0.3) is 0 Å². The minimum absolute atomic E-state index is 0.106. The molecule has 0 bridgehead atoms. The van der Waals surface area contributed by atoms with Crippen molar-refractivity contribution in [2.75, 3.05) is 18.2 Å². The number of hydrogen-bond acceptors (Lipinski definition) is 7. The van der Waals surface area contributed by atoms with Gasteiger partial charge in [0.2, 0.25) is 5.91 Å². The number of carbonyl (C=O) groups excluding carboxylic acids is 2. The second kappa shape index (κ2) is 10.8. The van der Waals surface area contributed by atoms with Gasteiger partial charge in [-0.1, -0.05) is 43.0 Å². The predicted octanol–water partition coefficient (Wildman–Crippen LogP) is 4.03. The Labute approximate surface area is 191 Å². The van der Waals surface area contributed by atoms with E-state index in [2.05, 4.69) is 22.4 Å². The highest BCUT2D eigenvalue weighted by molar-refractivity contribution is 7.99. The van der Waals surface area contributed by atoms with Crippen LogP contribution in [0.4, 0.5) is 5.69 Å². The van der Waals surface area contributed by atoms with E-state index in [0.717, 1.165) is 12.2 Å². The molecule has 0 aliphatic rings. The van der Waals surface area contributed by atoms with Gasteiger partial charge in [0.1, 0.15) is 5.75 Å². The number of aromatic nitrogens is 3. The molecule has 1 heterocycles. The van der Waals surface area contributed by atoms with Crippen molar-refractivity contribution >= 4 is 29.3 Å². The van der Waals surface area contributed by atoms with E-state index in [9.17, 15) is 9.59 Å². The first-order chi connectivity index (χ1) is 15.4. The number of nitrogens with one attached hydrogen (secondary N) is 1. The normalized spacial score (nSPS) is 11.6. The van der Waals surface area contributed by atoms with E-state index in [1.807, 2.05) is 42.8 Å². The Kier molecular flexibility index (Phi) is 7.88. The molecular formula is C23H26N4O4S. The minimum atomic E-state index is -0.509. The highest BCUT2D eigenvalue weighted by Gasteiger charge is 2.19. The molecule has 9 heteroatoms. The van der Waals surface area contributed by atoms with Crippen LogP contribution in [0.1, 0.15) is 41.7 Å². The standard InChI is InChI=1S/C23H26N4O4S/c1-5-16-10-12-17(13-11-16)31-15(2)21-25-26-23(27(21)3)32-14-20(28)24-19-9-7-6-8-18(19)22(29)30-4/h6-13,15H,5,14H2,1-4H3,(H,24,28)/t15-/m0/s1. The SMILES string of the molecule is CCc1ccc(O[C@@H](C)c2nnc(SCC(=O)Nc3ccccc3C(=O)OC)n2C)cc1. The summed E-state index contributed by atoms with van der Waals surface area (Å²) in [5.41, 5.74) is 1.95. The summed E-state index contributed by atoms with van der Waals surface area (Å²) in [6, 6.07) is 14.7. The maximum atomic E-state index is 12.4. The van der Waals surface area contributed by atoms with Gasteiger partial charge in [0, 0.05) is 7.05 Å². The molecule has 1 amide bonds. The van der Waals surface area contributed by atoms with Crippen molar-refractivity contribution in [3.63, 3.8) is 0 Å². The fraction of sp³-hybridized carbons (Fsp3) is 0.304. The number of rotatable bonds is 9. The lowest BCUT2D eigenvalue weighted by molar-refractivity contribution is -0.113. The van der Waals surface area contributed by atoms with E-state index < -0.39 is 5.97 Å². The molecule has 0 fully saturated rings. The number of aryl methyl sites for hydroxylation is 1. The lowest BCUT2D eigenvalue weighted by atomic mass is 10.2. The molecule has 0 radical (unpaired) electrons. The van der Waals surface area contributed by atoms with Crippen molar-refractivity contribution < 1.29 is 19.1 Å². The van der Waals surface area contributed by atoms with Gasteiger partial charge in [-0.3, -0.25) is 4.79 Å². The van der Waals surface area contributed by atoms with Crippen LogP contribution in [0.3, 0.4) is 0 Å². The monoisotopic (exact) mass is 454 g/mol. The zero-order valence-electron chi connectivity index (χ0n) is 18.5. The van der Waals surface area contributed by atoms with Crippen molar-refractivity contribution in [2.45, 2.75) is 31.5 Å². The minimum Gasteiger partial charge on any atom is -0.483 e. The number of nitrogens with zero attached hydrogens (tertiary/aromatic N) is 3. The van der Waals surface area contributed by atoms with Gasteiger partial charge in [0.15, 0.2) is 17.1 Å². The molecule has 32 heavy (non-hydrogen) atoms. The highest BCUT2D eigenvalue weighted by Crippen LogP contribution is 2.24. The topological polar surface area (TPSA) is 95.3 Å². The maximum Gasteiger partial charge on any atom is 0.339 e. The summed E-state index contributed by atoms with van der Waals surface area (Å²) in [6.07, 6.45) is 0.664. The van der Waals surface area contributed by atoms with Crippen LogP contribution < -0.4 is 10.1 Å². The van der Waals surface area contributed by atoms with Crippen LogP contribution in [0.2, 0.25) is 0 Å². The predicted molar refractivity (Wildman–Crippen MR) is 123 cm³/mol. The first-order valence-electron chi connectivity index (χ1n) is 10.2. The summed E-state index contributed by atoms with van der Waals surface area (Å²) in [4.78, 5) is 24.3. The number of esters is 1. The summed E-state index contributed by atoms with van der Waals surface area (Å²) < 4.78 is 12.6. The molecule has 3 rings (SSSR count). The van der Waals surface area contributed by atoms with Gasteiger partial charge in [0.25, 0.3) is 0 Å². The summed E-state index contributed by atoms with van der Waals surface area (Å²) in [6.45, 7) is 4.01. The first-order valence-corrected chi connectivity index (χ1v) is 11.2. The van der Waals surface area contributed by atoms with Gasteiger partial charge in [-0.15, -0.1) is 10.2 Å². The molecule has 0 spiro atoms. The van der Waals surface area contributed by atoms with Crippen LogP contribution in [0.15, 0.2) is 53.7 Å². The van der Waals surface area contributed by atoms with Crippen LogP contribution in [-0.4, -0.2) is 39.5 Å². The molecule has 0 saturated carbocycles. The first kappa shape index (κ1) is 23.3. The van der Waals surface area contributed by atoms with Crippen LogP contribution in [0, 0.1) is 0 Å². The zero-order chi connectivity index (χ0) is 23.1. The van der Waals surface area contributed by atoms with E-state index in [1.54, 1.807) is 24.3 Å². The third-order valence-electron chi connectivity index (χ3n) is 4.82. The summed E-state index contributed by atoms with van der Waals surface area (Å²) in [7, 11) is 3.13. The number of methoxy groups -OCH3 is 1. The lowest BCUT2D eigenvalue weighted by Gasteiger charge is -2.14. The number of carbonyl (C=O) groups is 2. The molecule has 0 aliphatic heterocycles. The van der Waals surface area contributed by atoms with E-state index in [4.69, 9.17) is 9.47 Å². The Hall–Kier alpha value is -3.33. The Morgan fingerprint density at radius 2 is 1.84 bits per heavy atom. The van der Waals surface area contributed by atoms with Crippen molar-refractivity contribution in [1.29, 1.82) is 0 Å². The fourth-order valence-electron chi connectivity index (χ4n) is 3.06. The Bertz CT molecular complexity index is 1080. The number of benzene rings is 2. The molecule has 1 atom stereocenters. The Morgan fingerprint density at radius 3 is 2.53 bits per heavy atom. The highest BCUT2D eigenvalue weighted by atomic mass is 32.2. The molecule has 0 unspecified atom stereocenters. The largest absolute Gasteiger partial charge is 0.483 e. The second-order valence-electron chi connectivity index (χ2n) is 7.03. The number of amides is 1. The molecule has 3 aromatic rings. The Balaban J connectivity index is 1.60. The second-order valence-corrected chi connectivity index (χ2v) is 7.97. The quantitative estimate of drug-likeness (QED) is 0.385. The van der Waals surface area contributed by atoms with E-state index >= 15 is 0 Å². The van der Waals surface area contributed by atoms with Gasteiger partial charge in [-0.2, -0.15) is 0 Å².